The van der Waals surface area contributed by atoms with Crippen molar-refractivity contribution in [3.63, 3.8) is 0 Å². The minimum Gasteiger partial charge on any atom is -0.356 e. The van der Waals surface area contributed by atoms with Crippen molar-refractivity contribution in [2.45, 2.75) is 44.8 Å². The van der Waals surface area contributed by atoms with Gasteiger partial charge in [0.05, 0.1) is 13.2 Å². The Kier molecular flexibility index (Phi) is 4.78. The van der Waals surface area contributed by atoms with Crippen molar-refractivity contribution in [1.29, 1.82) is 0 Å². The molecule has 0 atom stereocenters. The van der Waals surface area contributed by atoms with Gasteiger partial charge in [-0.05, 0) is 29.2 Å². The second-order valence-corrected chi connectivity index (χ2v) is 8.29. The third kappa shape index (κ3) is 4.06. The van der Waals surface area contributed by atoms with Gasteiger partial charge in [-0.25, -0.2) is 4.98 Å². The number of aromatic nitrogens is 2. The molecule has 1 N–H and O–H groups in total. The topological polar surface area (TPSA) is 59.5 Å². The van der Waals surface area contributed by atoms with E-state index in [1.54, 1.807) is 6.20 Å². The summed E-state index contributed by atoms with van der Waals surface area (Å²) in [5.74, 6) is 1.19. The van der Waals surface area contributed by atoms with E-state index in [1.807, 2.05) is 6.07 Å². The maximum atomic E-state index is 5.81. The van der Waals surface area contributed by atoms with Gasteiger partial charge in [0, 0.05) is 37.8 Å². The smallest absolute Gasteiger partial charge is 0.229 e. The van der Waals surface area contributed by atoms with Gasteiger partial charge in [0.1, 0.15) is 5.82 Å². The van der Waals surface area contributed by atoms with Crippen LogP contribution in [-0.2, 0) is 14.9 Å². The molecular weight excluding hydrogens is 340 g/mol. The van der Waals surface area contributed by atoms with Gasteiger partial charge in [0.15, 0.2) is 5.79 Å². The number of rotatable bonds is 3. The van der Waals surface area contributed by atoms with Crippen LogP contribution < -0.4 is 10.2 Å². The van der Waals surface area contributed by atoms with Gasteiger partial charge < -0.3 is 19.7 Å². The number of nitrogens with zero attached hydrogens (tertiary/aromatic N) is 3. The molecule has 0 unspecified atom stereocenters. The van der Waals surface area contributed by atoms with E-state index >= 15 is 0 Å². The zero-order valence-corrected chi connectivity index (χ0v) is 16.4. The number of anilines is 3. The van der Waals surface area contributed by atoms with E-state index in [9.17, 15) is 0 Å². The highest BCUT2D eigenvalue weighted by atomic mass is 16.7. The summed E-state index contributed by atoms with van der Waals surface area (Å²) in [6.07, 6.45) is 3.54. The molecule has 6 nitrogen and oxygen atoms in total. The lowest BCUT2D eigenvalue weighted by Crippen LogP contribution is -2.45. The number of nitrogens with one attached hydrogen (secondary N) is 1. The number of benzene rings is 1. The summed E-state index contributed by atoms with van der Waals surface area (Å²) in [6, 6.07) is 10.4. The van der Waals surface area contributed by atoms with E-state index in [4.69, 9.17) is 14.5 Å². The Hall–Kier alpha value is -2.18. The molecule has 0 saturated carbocycles. The molecule has 6 heteroatoms. The van der Waals surface area contributed by atoms with Crippen molar-refractivity contribution < 1.29 is 9.47 Å². The van der Waals surface area contributed by atoms with E-state index < -0.39 is 0 Å². The maximum Gasteiger partial charge on any atom is 0.229 e. The van der Waals surface area contributed by atoms with Crippen LogP contribution in [0.4, 0.5) is 17.5 Å². The van der Waals surface area contributed by atoms with Crippen molar-refractivity contribution >= 4 is 17.5 Å². The minimum atomic E-state index is -0.362. The first-order valence-corrected chi connectivity index (χ1v) is 9.67. The molecule has 144 valence electrons. The number of piperidine rings is 1. The molecular formula is C21H28N4O2. The minimum absolute atomic E-state index is 0.146. The van der Waals surface area contributed by atoms with Gasteiger partial charge >= 0.3 is 0 Å². The van der Waals surface area contributed by atoms with Crippen LogP contribution >= 0.6 is 0 Å². The summed E-state index contributed by atoms with van der Waals surface area (Å²) < 4.78 is 11.6. The Morgan fingerprint density at radius 1 is 1.00 bits per heavy atom. The fourth-order valence-electron chi connectivity index (χ4n) is 3.63. The lowest BCUT2D eigenvalue weighted by molar-refractivity contribution is -0.169. The van der Waals surface area contributed by atoms with Gasteiger partial charge in [-0.2, -0.15) is 4.98 Å². The van der Waals surface area contributed by atoms with Crippen LogP contribution in [0.3, 0.4) is 0 Å². The molecule has 4 rings (SSSR count). The van der Waals surface area contributed by atoms with E-state index in [0.717, 1.165) is 37.4 Å². The first-order chi connectivity index (χ1) is 12.9. The molecule has 2 fully saturated rings. The Balaban J connectivity index is 1.42. The van der Waals surface area contributed by atoms with Gasteiger partial charge in [0.25, 0.3) is 0 Å². The molecule has 0 amide bonds. The van der Waals surface area contributed by atoms with Gasteiger partial charge in [-0.15, -0.1) is 0 Å². The van der Waals surface area contributed by atoms with Gasteiger partial charge in [-0.3, -0.25) is 0 Å². The van der Waals surface area contributed by atoms with E-state index in [0.29, 0.717) is 19.2 Å². The molecule has 0 bridgehead atoms. The Morgan fingerprint density at radius 2 is 1.67 bits per heavy atom. The van der Waals surface area contributed by atoms with Crippen molar-refractivity contribution in [3.05, 3.63) is 42.1 Å². The van der Waals surface area contributed by atoms with Crippen LogP contribution in [0.2, 0.25) is 0 Å². The number of ether oxygens (including phenoxy) is 2. The first kappa shape index (κ1) is 18.2. The summed E-state index contributed by atoms with van der Waals surface area (Å²) in [5, 5.41) is 3.31. The first-order valence-electron chi connectivity index (χ1n) is 9.67. The standard InChI is InChI=1S/C21H28N4O2/c1-20(2,3)16-4-6-17(7-5-16)23-19-22-11-8-18(24-19)25-12-9-21(10-13-25)26-14-15-27-21/h4-8,11H,9-10,12-15H2,1-3H3,(H,22,23,24). The quantitative estimate of drug-likeness (QED) is 0.888. The third-order valence-electron chi connectivity index (χ3n) is 5.31. The monoisotopic (exact) mass is 368 g/mol. The van der Waals surface area contributed by atoms with Crippen LogP contribution in [0.5, 0.6) is 0 Å². The Bertz CT molecular complexity index is 770. The lowest BCUT2D eigenvalue weighted by Gasteiger charge is -2.38. The third-order valence-corrected chi connectivity index (χ3v) is 5.31. The average molecular weight is 368 g/mol. The number of hydrogen-bond donors (Lipinski definition) is 1. The highest BCUT2D eigenvalue weighted by Gasteiger charge is 2.40. The normalized spacial score (nSPS) is 19.4. The van der Waals surface area contributed by atoms with Crippen LogP contribution in [0.1, 0.15) is 39.2 Å². The molecule has 2 saturated heterocycles. The molecule has 1 spiro atoms. The summed E-state index contributed by atoms with van der Waals surface area (Å²) in [7, 11) is 0. The molecule has 1 aromatic heterocycles. The molecule has 27 heavy (non-hydrogen) atoms. The van der Waals surface area contributed by atoms with Crippen LogP contribution in [0.25, 0.3) is 0 Å². The van der Waals surface area contributed by atoms with E-state index in [-0.39, 0.29) is 11.2 Å². The summed E-state index contributed by atoms with van der Waals surface area (Å²) in [6.45, 7) is 9.80. The molecule has 2 aliphatic rings. The lowest BCUT2D eigenvalue weighted by atomic mass is 9.87. The van der Waals surface area contributed by atoms with Gasteiger partial charge in [0.2, 0.25) is 5.95 Å². The predicted octanol–water partition coefficient (Wildman–Crippen LogP) is 3.86. The fraction of sp³-hybridized carbons (Fsp3) is 0.524. The Morgan fingerprint density at radius 3 is 2.30 bits per heavy atom. The van der Waals surface area contributed by atoms with Crippen molar-refractivity contribution in [1.82, 2.24) is 9.97 Å². The second-order valence-electron chi connectivity index (χ2n) is 8.29. The zero-order valence-electron chi connectivity index (χ0n) is 16.4. The molecule has 0 radical (unpaired) electrons. The van der Waals surface area contributed by atoms with E-state index in [1.165, 1.54) is 5.56 Å². The molecule has 2 aromatic rings. The largest absolute Gasteiger partial charge is 0.356 e. The van der Waals surface area contributed by atoms with Crippen molar-refractivity contribution in [2.24, 2.45) is 0 Å². The van der Waals surface area contributed by atoms with Gasteiger partial charge in [-0.1, -0.05) is 32.9 Å². The Labute approximate surface area is 160 Å². The number of hydrogen-bond acceptors (Lipinski definition) is 6. The van der Waals surface area contributed by atoms with Crippen molar-refractivity contribution in [2.75, 3.05) is 36.5 Å². The van der Waals surface area contributed by atoms with Crippen LogP contribution in [-0.4, -0.2) is 42.1 Å². The molecule has 3 heterocycles. The molecule has 1 aromatic carbocycles. The van der Waals surface area contributed by atoms with Crippen molar-refractivity contribution in [3.8, 4) is 0 Å². The van der Waals surface area contributed by atoms with E-state index in [2.05, 4.69) is 60.2 Å². The second kappa shape index (κ2) is 7.09. The zero-order chi connectivity index (χ0) is 18.9. The van der Waals surface area contributed by atoms with Crippen LogP contribution in [0.15, 0.2) is 36.5 Å². The molecule has 0 aliphatic carbocycles. The average Bonchev–Trinajstić information content (AvgIpc) is 3.10. The van der Waals surface area contributed by atoms with Crippen LogP contribution in [0, 0.1) is 0 Å². The SMILES string of the molecule is CC(C)(C)c1ccc(Nc2nccc(N3CCC4(CC3)OCCO4)n2)cc1. The maximum absolute atomic E-state index is 5.81. The summed E-state index contributed by atoms with van der Waals surface area (Å²) >= 11 is 0. The highest BCUT2D eigenvalue weighted by molar-refractivity contribution is 5.56. The summed E-state index contributed by atoms with van der Waals surface area (Å²) in [5.41, 5.74) is 2.44. The highest BCUT2D eigenvalue weighted by Crippen LogP contribution is 2.33. The predicted molar refractivity (Wildman–Crippen MR) is 107 cm³/mol. The fourth-order valence-corrected chi connectivity index (χ4v) is 3.63. The summed E-state index contributed by atoms with van der Waals surface area (Å²) in [4.78, 5) is 11.3. The molecule has 2 aliphatic heterocycles.